The number of anilines is 1. The fourth-order valence-electron chi connectivity index (χ4n) is 2.85. The Bertz CT molecular complexity index is 977. The highest BCUT2D eigenvalue weighted by molar-refractivity contribution is 7.12. The van der Waals surface area contributed by atoms with Crippen molar-refractivity contribution in [3.05, 3.63) is 70.0 Å². The van der Waals surface area contributed by atoms with Crippen LogP contribution in [0.25, 0.3) is 11.3 Å². The maximum absolute atomic E-state index is 9.49. The molecule has 0 radical (unpaired) electrons. The van der Waals surface area contributed by atoms with Gasteiger partial charge < -0.3 is 0 Å². The molecule has 1 aromatic heterocycles. The summed E-state index contributed by atoms with van der Waals surface area (Å²) in [6.45, 7) is 6.55. The molecule has 5 heteroatoms. The molecule has 0 fully saturated rings. The molecular weight excluding hydrogens is 364 g/mol. The maximum atomic E-state index is 9.49. The first-order valence-corrected chi connectivity index (χ1v) is 10.3. The van der Waals surface area contributed by atoms with Crippen molar-refractivity contribution >= 4 is 22.7 Å². The molecule has 0 saturated heterocycles. The lowest BCUT2D eigenvalue weighted by molar-refractivity contribution is 0.647. The first-order chi connectivity index (χ1) is 13.6. The number of benzene rings is 2. The van der Waals surface area contributed by atoms with E-state index in [1.165, 1.54) is 22.5 Å². The molecule has 3 aromatic rings. The summed E-state index contributed by atoms with van der Waals surface area (Å²) < 4.78 is 0. The van der Waals surface area contributed by atoms with Gasteiger partial charge in [0.15, 0.2) is 10.7 Å². The van der Waals surface area contributed by atoms with Gasteiger partial charge in [-0.3, -0.25) is 5.43 Å². The predicted molar refractivity (Wildman–Crippen MR) is 118 cm³/mol. The van der Waals surface area contributed by atoms with E-state index in [0.717, 1.165) is 29.8 Å². The van der Waals surface area contributed by atoms with Crippen LogP contribution in [0.5, 0.6) is 0 Å². The number of nitrogens with one attached hydrogen (secondary N) is 1. The summed E-state index contributed by atoms with van der Waals surface area (Å²) in [5.74, 6) is 0.636. The van der Waals surface area contributed by atoms with E-state index < -0.39 is 0 Å². The average molecular weight is 389 g/mol. The van der Waals surface area contributed by atoms with Crippen molar-refractivity contribution in [3.63, 3.8) is 0 Å². The molecule has 2 aromatic carbocycles. The van der Waals surface area contributed by atoms with E-state index in [1.54, 1.807) is 0 Å². The van der Waals surface area contributed by atoms with Gasteiger partial charge in [-0.25, -0.2) is 4.98 Å². The highest BCUT2D eigenvalue weighted by atomic mass is 32.1. The molecule has 0 atom stereocenters. The second-order valence-corrected chi connectivity index (χ2v) is 7.93. The molecule has 0 amide bonds. The first-order valence-electron chi connectivity index (χ1n) is 9.47. The summed E-state index contributed by atoms with van der Waals surface area (Å²) in [6.07, 6.45) is 2.06. The lowest BCUT2D eigenvalue weighted by Crippen LogP contribution is -2.01. The smallest absolute Gasteiger partial charge is 0.196 e. The van der Waals surface area contributed by atoms with Crippen LogP contribution in [0.3, 0.4) is 0 Å². The van der Waals surface area contributed by atoms with E-state index in [-0.39, 0.29) is 5.71 Å². The molecule has 0 unspecified atom stereocenters. The van der Waals surface area contributed by atoms with Crippen molar-refractivity contribution in [1.29, 1.82) is 5.26 Å². The predicted octanol–water partition coefficient (Wildman–Crippen LogP) is 5.91. The van der Waals surface area contributed by atoms with Gasteiger partial charge >= 0.3 is 0 Å². The van der Waals surface area contributed by atoms with Crippen molar-refractivity contribution < 1.29 is 0 Å². The normalized spacial score (nSPS) is 11.5. The Morgan fingerprint density at radius 3 is 2.39 bits per heavy atom. The summed E-state index contributed by atoms with van der Waals surface area (Å²) in [6, 6.07) is 18.6. The van der Waals surface area contributed by atoms with Gasteiger partial charge in [0.05, 0.1) is 11.4 Å². The van der Waals surface area contributed by atoms with Gasteiger partial charge in [0.25, 0.3) is 0 Å². The molecule has 0 aliphatic carbocycles. The Morgan fingerprint density at radius 1 is 1.11 bits per heavy atom. The molecule has 0 bridgehead atoms. The number of hydrazone groups is 1. The van der Waals surface area contributed by atoms with Crippen molar-refractivity contribution in [3.8, 4) is 17.3 Å². The number of hydrogen-bond acceptors (Lipinski definition) is 5. The molecule has 0 saturated carbocycles. The topological polar surface area (TPSA) is 61.1 Å². The zero-order valence-electron chi connectivity index (χ0n) is 16.4. The Hall–Kier alpha value is -2.97. The largest absolute Gasteiger partial charge is 0.277 e. The molecule has 0 spiro atoms. The van der Waals surface area contributed by atoms with Crippen LogP contribution in [-0.4, -0.2) is 10.7 Å². The Balaban J connectivity index is 1.74. The van der Waals surface area contributed by atoms with Gasteiger partial charge in [0.2, 0.25) is 0 Å². The van der Waals surface area contributed by atoms with Crippen LogP contribution >= 0.6 is 11.3 Å². The summed E-state index contributed by atoms with van der Waals surface area (Å²) in [5, 5.41) is 16.3. The Labute approximate surface area is 170 Å². The lowest BCUT2D eigenvalue weighted by Gasteiger charge is -2.05. The van der Waals surface area contributed by atoms with Crippen molar-refractivity contribution in [2.45, 2.75) is 33.6 Å². The van der Waals surface area contributed by atoms with Crippen LogP contribution in [0.1, 0.15) is 36.9 Å². The van der Waals surface area contributed by atoms with Crippen molar-refractivity contribution in [1.82, 2.24) is 4.98 Å². The summed E-state index contributed by atoms with van der Waals surface area (Å²) in [4.78, 5) is 4.61. The Kier molecular flexibility index (Phi) is 6.57. The van der Waals surface area contributed by atoms with Crippen LogP contribution in [0, 0.1) is 17.2 Å². The fraction of sp³-hybridized carbons (Fsp3) is 0.261. The number of nitriles is 1. The van der Waals surface area contributed by atoms with E-state index in [1.807, 2.05) is 29.6 Å². The van der Waals surface area contributed by atoms with Gasteiger partial charge in [-0.2, -0.15) is 10.4 Å². The maximum Gasteiger partial charge on any atom is 0.196 e. The van der Waals surface area contributed by atoms with Crippen molar-refractivity contribution in [2.24, 2.45) is 11.0 Å². The van der Waals surface area contributed by atoms with E-state index >= 15 is 0 Å². The average Bonchev–Trinajstić information content (AvgIpc) is 3.19. The van der Waals surface area contributed by atoms with Gasteiger partial charge in [0.1, 0.15) is 6.07 Å². The highest BCUT2D eigenvalue weighted by Gasteiger charge is 2.11. The molecule has 4 nitrogen and oxygen atoms in total. The molecule has 3 rings (SSSR count). The quantitative estimate of drug-likeness (QED) is 0.404. The van der Waals surface area contributed by atoms with Gasteiger partial charge in [-0.05, 0) is 42.0 Å². The minimum atomic E-state index is 0.284. The van der Waals surface area contributed by atoms with E-state index in [0.29, 0.717) is 10.9 Å². The molecule has 28 heavy (non-hydrogen) atoms. The van der Waals surface area contributed by atoms with Crippen LogP contribution in [0.4, 0.5) is 5.69 Å². The molecule has 0 aliphatic heterocycles. The standard InChI is InChI=1S/C23H24N4S/c1-4-17-7-11-20(12-8-17)26-27-21(14-24)23-25-22(15-28-23)19-9-5-18(6-10-19)13-16(2)3/h5-12,15-16,26H,4,13H2,1-3H3. The number of aryl methyl sites for hydroxylation is 1. The van der Waals surface area contributed by atoms with E-state index in [9.17, 15) is 5.26 Å². The molecule has 142 valence electrons. The third kappa shape index (κ3) is 5.05. The monoisotopic (exact) mass is 388 g/mol. The molecule has 1 heterocycles. The van der Waals surface area contributed by atoms with Crippen LogP contribution < -0.4 is 5.43 Å². The lowest BCUT2D eigenvalue weighted by atomic mass is 10.0. The third-order valence-electron chi connectivity index (χ3n) is 4.37. The van der Waals surface area contributed by atoms with Gasteiger partial charge in [-0.1, -0.05) is 57.2 Å². The second-order valence-electron chi connectivity index (χ2n) is 7.07. The second kappa shape index (κ2) is 9.29. The zero-order valence-corrected chi connectivity index (χ0v) is 17.3. The zero-order chi connectivity index (χ0) is 19.9. The number of thiazole rings is 1. The minimum Gasteiger partial charge on any atom is -0.277 e. The molecular formula is C23H24N4S. The summed E-state index contributed by atoms with van der Waals surface area (Å²) in [5.41, 5.74) is 8.59. The number of nitrogens with zero attached hydrogens (tertiary/aromatic N) is 3. The first kappa shape index (κ1) is 19.8. The van der Waals surface area contributed by atoms with Crippen LogP contribution in [0.15, 0.2) is 59.0 Å². The summed E-state index contributed by atoms with van der Waals surface area (Å²) in [7, 11) is 0. The number of hydrogen-bond donors (Lipinski definition) is 1. The van der Waals surface area contributed by atoms with Crippen molar-refractivity contribution in [2.75, 3.05) is 5.43 Å². The highest BCUT2D eigenvalue weighted by Crippen LogP contribution is 2.23. The Morgan fingerprint density at radius 2 is 1.79 bits per heavy atom. The molecule has 0 aliphatic rings. The van der Waals surface area contributed by atoms with Gasteiger partial charge in [0, 0.05) is 10.9 Å². The summed E-state index contributed by atoms with van der Waals surface area (Å²) >= 11 is 1.43. The fourth-order valence-corrected chi connectivity index (χ4v) is 3.62. The van der Waals surface area contributed by atoms with Crippen LogP contribution in [-0.2, 0) is 12.8 Å². The van der Waals surface area contributed by atoms with Gasteiger partial charge in [-0.15, -0.1) is 11.3 Å². The number of aromatic nitrogens is 1. The van der Waals surface area contributed by atoms with E-state index in [4.69, 9.17) is 0 Å². The SMILES string of the molecule is CCc1ccc(NN=C(C#N)c2nc(-c3ccc(CC(C)C)cc3)cs2)cc1. The van der Waals surface area contributed by atoms with E-state index in [2.05, 4.69) is 66.6 Å². The third-order valence-corrected chi connectivity index (χ3v) is 5.21. The number of rotatable bonds is 7. The molecule has 1 N–H and O–H groups in total. The minimum absolute atomic E-state index is 0.284. The van der Waals surface area contributed by atoms with Crippen LogP contribution in [0.2, 0.25) is 0 Å².